The fourth-order valence-corrected chi connectivity index (χ4v) is 2.08. The average Bonchev–Trinajstić information content (AvgIpc) is 2.37. The molecular weight excluding hydrogens is 250 g/mol. The highest BCUT2D eigenvalue weighted by atomic mass is 16.1. The Labute approximate surface area is 122 Å². The van der Waals surface area contributed by atoms with E-state index in [4.69, 9.17) is 0 Å². The summed E-state index contributed by atoms with van der Waals surface area (Å²) in [5.41, 5.74) is 2.06. The predicted octanol–water partition coefficient (Wildman–Crippen LogP) is 2.64. The first-order chi connectivity index (χ1) is 9.49. The van der Waals surface area contributed by atoms with Gasteiger partial charge in [-0.1, -0.05) is 12.1 Å². The number of amides is 1. The fraction of sp³-hybridized carbons (Fsp3) is 0.562. The number of hydrogen-bond donors (Lipinski definition) is 2. The van der Waals surface area contributed by atoms with Gasteiger partial charge in [-0.05, 0) is 64.6 Å². The van der Waals surface area contributed by atoms with Crippen molar-refractivity contribution in [3.63, 3.8) is 0 Å². The molecule has 4 nitrogen and oxygen atoms in total. The molecule has 1 atom stereocenters. The number of rotatable bonds is 8. The number of carbonyl (C=O) groups excluding carboxylic acids is 1. The van der Waals surface area contributed by atoms with Crippen molar-refractivity contribution in [3.8, 4) is 0 Å². The molecule has 0 heterocycles. The Morgan fingerprint density at radius 1 is 1.30 bits per heavy atom. The van der Waals surface area contributed by atoms with Crippen LogP contribution in [0.15, 0.2) is 24.3 Å². The number of carbonyl (C=O) groups is 1. The number of anilines is 1. The monoisotopic (exact) mass is 277 g/mol. The van der Waals surface area contributed by atoms with Crippen molar-refractivity contribution in [1.82, 2.24) is 10.2 Å². The third kappa shape index (κ3) is 6.68. The molecule has 1 aromatic rings. The van der Waals surface area contributed by atoms with Crippen LogP contribution in [0.25, 0.3) is 0 Å². The van der Waals surface area contributed by atoms with Gasteiger partial charge in [-0.2, -0.15) is 0 Å². The normalized spacial score (nSPS) is 12.4. The lowest BCUT2D eigenvalue weighted by Crippen LogP contribution is -2.21. The topological polar surface area (TPSA) is 44.4 Å². The maximum Gasteiger partial charge on any atom is 0.221 e. The smallest absolute Gasteiger partial charge is 0.221 e. The predicted molar refractivity (Wildman–Crippen MR) is 85.0 cm³/mol. The van der Waals surface area contributed by atoms with Crippen LogP contribution < -0.4 is 10.6 Å². The van der Waals surface area contributed by atoms with E-state index in [0.29, 0.717) is 6.04 Å². The summed E-state index contributed by atoms with van der Waals surface area (Å²) in [6, 6.07) is 8.30. The first-order valence-corrected chi connectivity index (χ1v) is 7.24. The Balaban J connectivity index is 2.39. The summed E-state index contributed by atoms with van der Waals surface area (Å²) in [6.45, 7) is 5.82. The Kier molecular flexibility index (Phi) is 7.26. The minimum Gasteiger partial charge on any atom is -0.326 e. The Hall–Kier alpha value is -1.39. The largest absolute Gasteiger partial charge is 0.326 e. The van der Waals surface area contributed by atoms with Crippen molar-refractivity contribution in [1.29, 1.82) is 0 Å². The second kappa shape index (κ2) is 8.72. The van der Waals surface area contributed by atoms with Crippen LogP contribution >= 0.6 is 0 Å². The zero-order valence-electron chi connectivity index (χ0n) is 13.1. The van der Waals surface area contributed by atoms with Gasteiger partial charge in [-0.25, -0.2) is 0 Å². The van der Waals surface area contributed by atoms with Gasteiger partial charge in [-0.3, -0.25) is 4.79 Å². The molecule has 0 bridgehead atoms. The van der Waals surface area contributed by atoms with Crippen molar-refractivity contribution in [2.45, 2.75) is 32.7 Å². The second-order valence-electron chi connectivity index (χ2n) is 5.49. The van der Waals surface area contributed by atoms with E-state index in [1.165, 1.54) is 25.3 Å². The molecule has 1 rings (SSSR count). The van der Waals surface area contributed by atoms with Crippen molar-refractivity contribution >= 4 is 11.6 Å². The summed E-state index contributed by atoms with van der Waals surface area (Å²) < 4.78 is 0. The summed E-state index contributed by atoms with van der Waals surface area (Å²) in [7, 11) is 4.20. The molecule has 0 aromatic heterocycles. The zero-order chi connectivity index (χ0) is 15.0. The van der Waals surface area contributed by atoms with E-state index in [1.807, 2.05) is 18.2 Å². The van der Waals surface area contributed by atoms with Gasteiger partial charge < -0.3 is 15.5 Å². The Morgan fingerprint density at radius 3 is 2.70 bits per heavy atom. The van der Waals surface area contributed by atoms with Gasteiger partial charge in [0.05, 0.1) is 0 Å². The lowest BCUT2D eigenvalue weighted by molar-refractivity contribution is -0.114. The first kappa shape index (κ1) is 16.7. The van der Waals surface area contributed by atoms with E-state index in [2.05, 4.69) is 42.6 Å². The zero-order valence-corrected chi connectivity index (χ0v) is 13.1. The molecule has 2 N–H and O–H groups in total. The maximum absolute atomic E-state index is 11.1. The summed E-state index contributed by atoms with van der Waals surface area (Å²) >= 11 is 0. The molecule has 0 saturated carbocycles. The quantitative estimate of drug-likeness (QED) is 0.718. The van der Waals surface area contributed by atoms with E-state index in [-0.39, 0.29) is 5.91 Å². The third-order valence-electron chi connectivity index (χ3n) is 3.19. The summed E-state index contributed by atoms with van der Waals surface area (Å²) in [4.78, 5) is 13.3. The molecule has 0 aliphatic carbocycles. The average molecular weight is 277 g/mol. The molecule has 20 heavy (non-hydrogen) atoms. The summed E-state index contributed by atoms with van der Waals surface area (Å²) in [5, 5.41) is 6.34. The summed E-state index contributed by atoms with van der Waals surface area (Å²) in [6.07, 6.45) is 2.38. The minimum atomic E-state index is -0.0357. The molecule has 1 aromatic carbocycles. The van der Waals surface area contributed by atoms with E-state index in [1.54, 1.807) is 0 Å². The second-order valence-corrected chi connectivity index (χ2v) is 5.49. The van der Waals surface area contributed by atoms with Gasteiger partial charge in [0.2, 0.25) is 5.91 Å². The number of hydrogen-bond acceptors (Lipinski definition) is 3. The molecule has 4 heteroatoms. The van der Waals surface area contributed by atoms with Gasteiger partial charge in [0.15, 0.2) is 0 Å². The highest BCUT2D eigenvalue weighted by Gasteiger charge is 2.05. The van der Waals surface area contributed by atoms with Crippen molar-refractivity contribution in [2.24, 2.45) is 0 Å². The van der Waals surface area contributed by atoms with Crippen LogP contribution in [0.5, 0.6) is 0 Å². The van der Waals surface area contributed by atoms with Crippen LogP contribution in [-0.4, -0.2) is 38.0 Å². The molecule has 112 valence electrons. The van der Waals surface area contributed by atoms with Crippen LogP contribution in [0.3, 0.4) is 0 Å². The molecule has 1 amide bonds. The highest BCUT2D eigenvalue weighted by molar-refractivity contribution is 5.88. The summed E-state index contributed by atoms with van der Waals surface area (Å²) in [5.74, 6) is -0.0357. The van der Waals surface area contributed by atoms with Crippen LogP contribution in [0.4, 0.5) is 5.69 Å². The Bertz CT molecular complexity index is 418. The lowest BCUT2D eigenvalue weighted by atomic mass is 10.1. The molecule has 0 fully saturated rings. The van der Waals surface area contributed by atoms with Gasteiger partial charge in [0.25, 0.3) is 0 Å². The lowest BCUT2D eigenvalue weighted by Gasteiger charge is -2.16. The van der Waals surface area contributed by atoms with E-state index < -0.39 is 0 Å². The molecule has 0 spiro atoms. The van der Waals surface area contributed by atoms with E-state index >= 15 is 0 Å². The van der Waals surface area contributed by atoms with Crippen molar-refractivity contribution in [2.75, 3.05) is 32.5 Å². The first-order valence-electron chi connectivity index (χ1n) is 7.24. The van der Waals surface area contributed by atoms with E-state index in [0.717, 1.165) is 18.8 Å². The van der Waals surface area contributed by atoms with Gasteiger partial charge in [0, 0.05) is 18.7 Å². The maximum atomic E-state index is 11.1. The van der Waals surface area contributed by atoms with Crippen LogP contribution in [0.1, 0.15) is 38.3 Å². The van der Waals surface area contributed by atoms with Gasteiger partial charge >= 0.3 is 0 Å². The number of nitrogens with one attached hydrogen (secondary N) is 2. The fourth-order valence-electron chi connectivity index (χ4n) is 2.08. The molecule has 0 aliphatic heterocycles. The molecular formula is C16H27N3O. The van der Waals surface area contributed by atoms with E-state index in [9.17, 15) is 4.79 Å². The van der Waals surface area contributed by atoms with Crippen LogP contribution in [0.2, 0.25) is 0 Å². The third-order valence-corrected chi connectivity index (χ3v) is 3.19. The van der Waals surface area contributed by atoms with Gasteiger partial charge in [0.1, 0.15) is 0 Å². The minimum absolute atomic E-state index is 0.0357. The molecule has 0 saturated heterocycles. The standard InChI is InChI=1S/C16H27N3O/c1-13(17-10-5-6-11-19(3)4)15-8-7-9-16(12-15)18-14(2)20/h7-9,12-13,17H,5-6,10-11H2,1-4H3,(H,18,20). The number of benzene rings is 1. The SMILES string of the molecule is CC(=O)Nc1cccc(C(C)NCCCCN(C)C)c1. The number of unbranched alkanes of at least 4 members (excludes halogenated alkanes) is 1. The molecule has 0 aliphatic rings. The van der Waals surface area contributed by atoms with Crippen LogP contribution in [-0.2, 0) is 4.79 Å². The van der Waals surface area contributed by atoms with Gasteiger partial charge in [-0.15, -0.1) is 0 Å². The Morgan fingerprint density at radius 2 is 2.05 bits per heavy atom. The van der Waals surface area contributed by atoms with Crippen molar-refractivity contribution < 1.29 is 4.79 Å². The highest BCUT2D eigenvalue weighted by Crippen LogP contribution is 2.17. The van der Waals surface area contributed by atoms with Crippen molar-refractivity contribution in [3.05, 3.63) is 29.8 Å². The number of nitrogens with zero attached hydrogens (tertiary/aromatic N) is 1. The molecule has 0 radical (unpaired) electrons. The van der Waals surface area contributed by atoms with Crippen LogP contribution in [0, 0.1) is 0 Å². The molecule has 1 unspecified atom stereocenters.